The molecule has 29 heavy (non-hydrogen) atoms. The lowest BCUT2D eigenvalue weighted by atomic mass is 9.95. The zero-order chi connectivity index (χ0) is 20.4. The molecule has 0 radical (unpaired) electrons. The minimum Gasteiger partial charge on any atom is -0.373 e. The predicted octanol–water partition coefficient (Wildman–Crippen LogP) is 5.29. The molecule has 1 fully saturated rings. The van der Waals surface area contributed by atoms with Crippen LogP contribution in [0.2, 0.25) is 0 Å². The molecule has 2 heterocycles. The van der Waals surface area contributed by atoms with Crippen LogP contribution < -0.4 is 4.90 Å². The lowest BCUT2D eigenvalue weighted by Gasteiger charge is -2.37. The summed E-state index contributed by atoms with van der Waals surface area (Å²) >= 11 is 3.54. The minimum atomic E-state index is -4.28. The van der Waals surface area contributed by atoms with E-state index in [0.29, 0.717) is 0 Å². The number of halogens is 4. The molecule has 2 aromatic carbocycles. The molecule has 2 aliphatic heterocycles. The Hall–Kier alpha value is -1.57. The highest BCUT2D eigenvalue weighted by molar-refractivity contribution is 9.10. The van der Waals surface area contributed by atoms with E-state index >= 15 is 0 Å². The minimum absolute atomic E-state index is 0.139. The van der Waals surface area contributed by atoms with Crippen LogP contribution in [0.4, 0.5) is 18.9 Å². The van der Waals surface area contributed by atoms with Gasteiger partial charge in [0, 0.05) is 42.9 Å². The maximum atomic E-state index is 12.7. The lowest BCUT2D eigenvalue weighted by molar-refractivity contribution is -0.137. The molecular weight excluding hydrogens is 445 g/mol. The molecule has 7 heteroatoms. The van der Waals surface area contributed by atoms with Crippen molar-refractivity contribution in [1.29, 1.82) is 0 Å². The highest BCUT2D eigenvalue weighted by Gasteiger charge is 2.30. The van der Waals surface area contributed by atoms with Gasteiger partial charge in [0.05, 0.1) is 18.3 Å². The number of rotatable bonds is 4. The van der Waals surface area contributed by atoms with Crippen molar-refractivity contribution in [3.05, 3.63) is 63.6 Å². The van der Waals surface area contributed by atoms with E-state index in [9.17, 15) is 13.2 Å². The highest BCUT2D eigenvalue weighted by Crippen LogP contribution is 2.32. The summed E-state index contributed by atoms with van der Waals surface area (Å²) in [5, 5.41) is 0. The van der Waals surface area contributed by atoms with E-state index in [2.05, 4.69) is 43.9 Å². The summed E-state index contributed by atoms with van der Waals surface area (Å²) in [6, 6.07) is 11.9. The Bertz CT molecular complexity index is 833. The topological polar surface area (TPSA) is 15.7 Å². The molecule has 0 N–H and O–H groups in total. The van der Waals surface area contributed by atoms with Crippen LogP contribution in [0.5, 0.6) is 0 Å². The van der Waals surface area contributed by atoms with Gasteiger partial charge in [-0.3, -0.25) is 4.90 Å². The van der Waals surface area contributed by atoms with Crippen molar-refractivity contribution in [2.75, 3.05) is 44.2 Å². The van der Waals surface area contributed by atoms with Crippen LogP contribution >= 0.6 is 15.9 Å². The summed E-state index contributed by atoms with van der Waals surface area (Å²) in [6.45, 7) is 5.17. The summed E-state index contributed by atoms with van der Waals surface area (Å²) in [4.78, 5) is 4.57. The van der Waals surface area contributed by atoms with Crippen LogP contribution in [0.1, 0.15) is 29.2 Å². The molecule has 1 saturated heterocycles. The molecule has 2 aromatic rings. The normalized spacial score (nSPS) is 20.6. The Morgan fingerprint density at radius 1 is 1.00 bits per heavy atom. The van der Waals surface area contributed by atoms with E-state index in [-0.39, 0.29) is 6.10 Å². The van der Waals surface area contributed by atoms with Crippen molar-refractivity contribution < 1.29 is 17.9 Å². The predicted molar refractivity (Wildman–Crippen MR) is 111 cm³/mol. The SMILES string of the molecule is FC(F)(F)c1ccc(N2CCN(CC[C@@H]3OCCc4cc(Br)ccc43)CC2)cc1. The maximum absolute atomic E-state index is 12.7. The molecule has 0 aromatic heterocycles. The summed E-state index contributed by atoms with van der Waals surface area (Å²) in [5.41, 5.74) is 2.91. The Morgan fingerprint density at radius 2 is 1.72 bits per heavy atom. The first-order valence-electron chi connectivity index (χ1n) is 9.94. The molecule has 0 amide bonds. The zero-order valence-corrected chi connectivity index (χ0v) is 17.7. The first kappa shape index (κ1) is 20.7. The van der Waals surface area contributed by atoms with Gasteiger partial charge >= 0.3 is 6.18 Å². The number of ether oxygens (including phenoxy) is 1. The average Bonchev–Trinajstić information content (AvgIpc) is 2.72. The third-order valence-corrected chi connectivity index (χ3v) is 6.28. The summed E-state index contributed by atoms with van der Waals surface area (Å²) in [7, 11) is 0. The second kappa shape index (κ2) is 8.66. The Balaban J connectivity index is 1.29. The maximum Gasteiger partial charge on any atom is 0.416 e. The summed E-state index contributed by atoms with van der Waals surface area (Å²) in [6.07, 6.45) is -2.24. The number of hydrogen-bond acceptors (Lipinski definition) is 3. The fraction of sp³-hybridized carbons (Fsp3) is 0.455. The lowest BCUT2D eigenvalue weighted by Crippen LogP contribution is -2.47. The second-order valence-corrected chi connectivity index (χ2v) is 8.53. The van der Waals surface area contributed by atoms with Gasteiger partial charge in [-0.05, 0) is 60.4 Å². The van der Waals surface area contributed by atoms with Gasteiger partial charge in [0.15, 0.2) is 0 Å². The molecule has 3 nitrogen and oxygen atoms in total. The van der Waals surface area contributed by atoms with Gasteiger partial charge in [-0.25, -0.2) is 0 Å². The van der Waals surface area contributed by atoms with Gasteiger partial charge in [-0.2, -0.15) is 13.2 Å². The number of piperazine rings is 1. The monoisotopic (exact) mass is 468 g/mol. The van der Waals surface area contributed by atoms with E-state index in [1.807, 2.05) is 0 Å². The van der Waals surface area contributed by atoms with Crippen molar-refractivity contribution in [2.45, 2.75) is 25.1 Å². The number of fused-ring (bicyclic) bond motifs is 1. The quantitative estimate of drug-likeness (QED) is 0.605. The largest absolute Gasteiger partial charge is 0.416 e. The molecular formula is C22H24BrF3N2O. The molecule has 4 rings (SSSR count). The standard InChI is InChI=1S/C22H24BrF3N2O/c23-18-3-6-20-16(15-18)8-14-29-21(20)7-9-27-10-12-28(13-11-27)19-4-1-17(2-5-19)22(24,25)26/h1-6,15,21H,7-14H2/t21-/m0/s1. The molecule has 0 unspecified atom stereocenters. The van der Waals surface area contributed by atoms with E-state index < -0.39 is 11.7 Å². The van der Waals surface area contributed by atoms with E-state index in [1.54, 1.807) is 12.1 Å². The van der Waals surface area contributed by atoms with Crippen molar-refractivity contribution >= 4 is 21.6 Å². The van der Waals surface area contributed by atoms with Crippen molar-refractivity contribution in [3.63, 3.8) is 0 Å². The molecule has 2 aliphatic rings. The van der Waals surface area contributed by atoms with Crippen LogP contribution in [0.3, 0.4) is 0 Å². The summed E-state index contributed by atoms with van der Waals surface area (Å²) in [5.74, 6) is 0. The van der Waals surface area contributed by atoms with E-state index in [1.165, 1.54) is 11.1 Å². The third kappa shape index (κ3) is 4.95. The van der Waals surface area contributed by atoms with Gasteiger partial charge in [-0.1, -0.05) is 22.0 Å². The smallest absolute Gasteiger partial charge is 0.373 e. The Kier molecular flexibility index (Phi) is 6.18. The van der Waals surface area contributed by atoms with Gasteiger partial charge in [-0.15, -0.1) is 0 Å². The molecule has 0 aliphatic carbocycles. The molecule has 156 valence electrons. The zero-order valence-electron chi connectivity index (χ0n) is 16.1. The number of benzene rings is 2. The third-order valence-electron chi connectivity index (χ3n) is 5.78. The van der Waals surface area contributed by atoms with Crippen LogP contribution in [0, 0.1) is 0 Å². The average molecular weight is 469 g/mol. The highest BCUT2D eigenvalue weighted by atomic mass is 79.9. The second-order valence-electron chi connectivity index (χ2n) is 7.61. The molecule has 0 saturated carbocycles. The first-order valence-corrected chi connectivity index (χ1v) is 10.7. The van der Waals surface area contributed by atoms with Gasteiger partial charge < -0.3 is 9.64 Å². The van der Waals surface area contributed by atoms with Gasteiger partial charge in [0.1, 0.15) is 0 Å². The Morgan fingerprint density at radius 3 is 2.41 bits per heavy atom. The summed E-state index contributed by atoms with van der Waals surface area (Å²) < 4.78 is 45.3. The number of nitrogens with zero attached hydrogens (tertiary/aromatic N) is 2. The Labute approximate surface area is 177 Å². The van der Waals surface area contributed by atoms with Crippen molar-refractivity contribution in [3.8, 4) is 0 Å². The molecule has 1 atom stereocenters. The van der Waals surface area contributed by atoms with Crippen LogP contribution in [0.15, 0.2) is 46.9 Å². The number of hydrogen-bond donors (Lipinski definition) is 0. The van der Waals surface area contributed by atoms with Crippen LogP contribution in [0.25, 0.3) is 0 Å². The van der Waals surface area contributed by atoms with Crippen molar-refractivity contribution in [2.24, 2.45) is 0 Å². The van der Waals surface area contributed by atoms with Crippen molar-refractivity contribution in [1.82, 2.24) is 4.90 Å². The number of alkyl halides is 3. The number of anilines is 1. The van der Waals surface area contributed by atoms with Crippen LogP contribution in [-0.4, -0.2) is 44.2 Å². The van der Waals surface area contributed by atoms with Crippen LogP contribution in [-0.2, 0) is 17.3 Å². The fourth-order valence-electron chi connectivity index (χ4n) is 4.14. The molecule has 0 bridgehead atoms. The van der Waals surface area contributed by atoms with E-state index in [4.69, 9.17) is 4.74 Å². The van der Waals surface area contributed by atoms with Gasteiger partial charge in [0.2, 0.25) is 0 Å². The van der Waals surface area contributed by atoms with E-state index in [0.717, 1.165) is 74.5 Å². The molecule has 0 spiro atoms. The first-order chi connectivity index (χ1) is 13.9. The van der Waals surface area contributed by atoms with Gasteiger partial charge in [0.25, 0.3) is 0 Å². The fourth-order valence-corrected chi connectivity index (χ4v) is 4.54.